The Balaban J connectivity index is 1.75. The number of halogens is 1. The summed E-state index contributed by atoms with van der Waals surface area (Å²) in [6.45, 7) is 2.16. The van der Waals surface area contributed by atoms with Gasteiger partial charge in [-0.15, -0.1) is 11.3 Å². The van der Waals surface area contributed by atoms with Gasteiger partial charge in [-0.3, -0.25) is 0 Å². The number of aryl methyl sites for hydroxylation is 1. The van der Waals surface area contributed by atoms with Crippen molar-refractivity contribution >= 4 is 27.3 Å². The highest BCUT2D eigenvalue weighted by Gasteiger charge is 2.28. The van der Waals surface area contributed by atoms with Gasteiger partial charge in [-0.1, -0.05) is 24.3 Å². The smallest absolute Gasteiger partial charge is 0.0731 e. The van der Waals surface area contributed by atoms with E-state index >= 15 is 0 Å². The van der Waals surface area contributed by atoms with Crippen molar-refractivity contribution in [1.29, 1.82) is 0 Å². The van der Waals surface area contributed by atoms with Crippen LogP contribution in [0.5, 0.6) is 0 Å². The molecule has 1 aliphatic carbocycles. The van der Waals surface area contributed by atoms with Gasteiger partial charge in [-0.05, 0) is 71.4 Å². The van der Waals surface area contributed by atoms with Crippen molar-refractivity contribution in [3.63, 3.8) is 0 Å². The second-order valence-corrected chi connectivity index (χ2v) is 7.68. The third kappa shape index (κ3) is 2.51. The Morgan fingerprint density at radius 2 is 2.21 bits per heavy atom. The Bertz CT molecular complexity index is 571. The first kappa shape index (κ1) is 13.3. The lowest BCUT2D eigenvalue weighted by Gasteiger charge is -2.32. The molecular formula is C16H18BrNS. The van der Waals surface area contributed by atoms with Crippen LogP contribution in [0, 0.1) is 6.92 Å². The van der Waals surface area contributed by atoms with Crippen LogP contribution in [0.4, 0.5) is 0 Å². The summed E-state index contributed by atoms with van der Waals surface area (Å²) in [6, 6.07) is 11.6. The number of hydrogen-bond acceptors (Lipinski definition) is 2. The summed E-state index contributed by atoms with van der Waals surface area (Å²) < 4.78 is 1.26. The molecule has 1 aromatic heterocycles. The van der Waals surface area contributed by atoms with Crippen molar-refractivity contribution in [3.05, 3.63) is 55.7 Å². The van der Waals surface area contributed by atoms with Crippen molar-refractivity contribution in [3.8, 4) is 0 Å². The molecule has 19 heavy (non-hydrogen) atoms. The van der Waals surface area contributed by atoms with Gasteiger partial charge in [-0.25, -0.2) is 0 Å². The molecule has 0 spiro atoms. The Kier molecular flexibility index (Phi) is 3.79. The first-order chi connectivity index (χ1) is 9.19. The van der Waals surface area contributed by atoms with E-state index in [1.54, 1.807) is 5.56 Å². The van der Waals surface area contributed by atoms with Crippen molar-refractivity contribution in [2.24, 2.45) is 0 Å². The summed E-state index contributed by atoms with van der Waals surface area (Å²) in [4.78, 5) is 1.44. The van der Waals surface area contributed by atoms with E-state index in [4.69, 9.17) is 0 Å². The summed E-state index contributed by atoms with van der Waals surface area (Å²) in [5.41, 5.74) is 4.43. The summed E-state index contributed by atoms with van der Waals surface area (Å²) in [7, 11) is 2.07. The molecular weight excluding hydrogens is 318 g/mol. The molecule has 1 nitrogen and oxygen atoms in total. The van der Waals surface area contributed by atoms with E-state index in [0.717, 1.165) is 5.92 Å². The number of benzene rings is 1. The molecule has 2 unspecified atom stereocenters. The van der Waals surface area contributed by atoms with Crippen molar-refractivity contribution in [2.45, 2.75) is 31.7 Å². The maximum absolute atomic E-state index is 3.63. The van der Waals surface area contributed by atoms with E-state index < -0.39 is 0 Å². The molecule has 0 amide bonds. The minimum absolute atomic E-state index is 0.466. The number of hydrogen-bond donors (Lipinski definition) is 1. The molecule has 3 heteroatoms. The average Bonchev–Trinajstić information content (AvgIpc) is 2.71. The van der Waals surface area contributed by atoms with Gasteiger partial charge in [0.25, 0.3) is 0 Å². The van der Waals surface area contributed by atoms with Gasteiger partial charge in [0.1, 0.15) is 0 Å². The number of thiophene rings is 1. The lowest BCUT2D eigenvalue weighted by atomic mass is 9.74. The molecule has 0 aliphatic heterocycles. The third-order valence-corrected chi connectivity index (χ3v) is 6.30. The van der Waals surface area contributed by atoms with Crippen LogP contribution in [-0.4, -0.2) is 7.05 Å². The Morgan fingerprint density at radius 3 is 2.84 bits per heavy atom. The van der Waals surface area contributed by atoms with E-state index in [-0.39, 0.29) is 0 Å². The third-order valence-electron chi connectivity index (χ3n) is 4.05. The maximum Gasteiger partial charge on any atom is 0.0731 e. The number of rotatable bonds is 4. The summed E-state index contributed by atoms with van der Waals surface area (Å²) >= 11 is 5.49. The van der Waals surface area contributed by atoms with Crippen molar-refractivity contribution < 1.29 is 0 Å². The van der Waals surface area contributed by atoms with E-state index in [1.165, 1.54) is 32.6 Å². The molecule has 2 aromatic rings. The number of fused-ring (bicyclic) bond motifs is 1. The van der Waals surface area contributed by atoms with Crippen molar-refractivity contribution in [2.75, 3.05) is 7.05 Å². The first-order valence-electron chi connectivity index (χ1n) is 6.70. The summed E-state index contributed by atoms with van der Waals surface area (Å²) in [5, 5.41) is 3.48. The largest absolute Gasteiger partial charge is 0.312 e. The molecule has 100 valence electrons. The topological polar surface area (TPSA) is 12.0 Å². The fourth-order valence-electron chi connectivity index (χ4n) is 2.89. The highest BCUT2D eigenvalue weighted by molar-refractivity contribution is 9.11. The highest BCUT2D eigenvalue weighted by Crippen LogP contribution is 2.42. The zero-order chi connectivity index (χ0) is 13.4. The standard InChI is InChI=1S/C16H18BrNS/c1-10-7-15(19-16(10)17)14(18-2)9-12-8-11-5-3-4-6-13(11)12/h3-7,12,14,18H,8-9H2,1-2H3. The van der Waals surface area contributed by atoms with Crippen molar-refractivity contribution in [1.82, 2.24) is 5.32 Å². The van der Waals surface area contributed by atoms with Crippen LogP contribution >= 0.6 is 27.3 Å². The average molecular weight is 336 g/mol. The molecule has 0 saturated carbocycles. The molecule has 1 N–H and O–H groups in total. The van der Waals surface area contributed by atoms with E-state index in [1.807, 2.05) is 11.3 Å². The highest BCUT2D eigenvalue weighted by atomic mass is 79.9. The van der Waals surface area contributed by atoms with Gasteiger partial charge in [0, 0.05) is 10.9 Å². The van der Waals surface area contributed by atoms with Crippen LogP contribution < -0.4 is 5.32 Å². The van der Waals surface area contributed by atoms with Gasteiger partial charge in [0.2, 0.25) is 0 Å². The zero-order valence-corrected chi connectivity index (χ0v) is 13.6. The lowest BCUT2D eigenvalue weighted by Crippen LogP contribution is -2.24. The second-order valence-electron chi connectivity index (χ2n) is 5.28. The van der Waals surface area contributed by atoms with Crippen LogP contribution in [0.15, 0.2) is 34.1 Å². The lowest BCUT2D eigenvalue weighted by molar-refractivity contribution is 0.457. The summed E-state index contributed by atoms with van der Waals surface area (Å²) in [5.74, 6) is 0.717. The van der Waals surface area contributed by atoms with Crippen LogP contribution in [0.2, 0.25) is 0 Å². The van der Waals surface area contributed by atoms with Gasteiger partial charge in [0.15, 0.2) is 0 Å². The van der Waals surface area contributed by atoms with Gasteiger partial charge >= 0.3 is 0 Å². The summed E-state index contributed by atoms with van der Waals surface area (Å²) in [6.07, 6.45) is 2.43. The monoisotopic (exact) mass is 335 g/mol. The second kappa shape index (κ2) is 5.39. The van der Waals surface area contributed by atoms with Crippen LogP contribution in [0.3, 0.4) is 0 Å². The maximum atomic E-state index is 3.63. The minimum atomic E-state index is 0.466. The molecule has 0 saturated heterocycles. The predicted octanol–water partition coefficient (Wildman–Crippen LogP) is 4.81. The molecule has 0 radical (unpaired) electrons. The van der Waals surface area contributed by atoms with Gasteiger partial charge in [0.05, 0.1) is 3.79 Å². The van der Waals surface area contributed by atoms with E-state index in [0.29, 0.717) is 6.04 Å². The van der Waals surface area contributed by atoms with E-state index in [2.05, 4.69) is 65.5 Å². The molecule has 3 rings (SSSR count). The SMILES string of the molecule is CNC(CC1Cc2ccccc21)c1cc(C)c(Br)s1. The first-order valence-corrected chi connectivity index (χ1v) is 8.31. The molecule has 0 fully saturated rings. The van der Waals surface area contributed by atoms with Crippen LogP contribution in [-0.2, 0) is 6.42 Å². The van der Waals surface area contributed by atoms with Gasteiger partial charge in [-0.2, -0.15) is 0 Å². The Morgan fingerprint density at radius 1 is 1.42 bits per heavy atom. The molecule has 1 aliphatic rings. The normalized spacial score (nSPS) is 18.8. The number of nitrogens with one attached hydrogen (secondary N) is 1. The zero-order valence-electron chi connectivity index (χ0n) is 11.2. The molecule has 0 bridgehead atoms. The minimum Gasteiger partial charge on any atom is -0.312 e. The molecule has 2 atom stereocenters. The molecule has 1 aromatic carbocycles. The Hall–Kier alpha value is -0.640. The molecule has 1 heterocycles. The fourth-order valence-corrected chi connectivity index (χ4v) is 4.58. The van der Waals surface area contributed by atoms with Crippen LogP contribution in [0.25, 0.3) is 0 Å². The van der Waals surface area contributed by atoms with Gasteiger partial charge < -0.3 is 5.32 Å². The fraction of sp³-hybridized carbons (Fsp3) is 0.375. The Labute approximate surface area is 127 Å². The quantitative estimate of drug-likeness (QED) is 0.845. The predicted molar refractivity (Wildman–Crippen MR) is 86.1 cm³/mol. The van der Waals surface area contributed by atoms with E-state index in [9.17, 15) is 0 Å². The van der Waals surface area contributed by atoms with Crippen LogP contribution in [0.1, 0.15) is 39.9 Å².